The lowest BCUT2D eigenvalue weighted by molar-refractivity contribution is -0.126. The summed E-state index contributed by atoms with van der Waals surface area (Å²) in [5.74, 6) is -0.0801. The monoisotopic (exact) mass is 132 g/mol. The van der Waals surface area contributed by atoms with Gasteiger partial charge < -0.3 is 0 Å². The third-order valence-electron chi connectivity index (χ3n) is 0.728. The molecule has 9 heavy (non-hydrogen) atoms. The highest BCUT2D eigenvalue weighted by atomic mass is 16.7. The number of hydrogen-bond acceptors (Lipinski definition) is 3. The summed E-state index contributed by atoms with van der Waals surface area (Å²) in [6.07, 6.45) is 0.458. The van der Waals surface area contributed by atoms with Gasteiger partial charge in [-0.05, 0) is 6.92 Å². The maximum Gasteiger partial charge on any atom is 0.235 e. The van der Waals surface area contributed by atoms with Crippen molar-refractivity contribution in [2.24, 2.45) is 0 Å². The Morgan fingerprint density at radius 3 is 2.67 bits per heavy atom. The molecule has 4 nitrogen and oxygen atoms in total. The molecule has 0 aliphatic rings. The third kappa shape index (κ3) is 5.26. The van der Waals surface area contributed by atoms with Crippen LogP contribution in [0.3, 0.4) is 0 Å². The van der Waals surface area contributed by atoms with Gasteiger partial charge in [-0.15, -0.1) is 5.59 Å². The van der Waals surface area contributed by atoms with E-state index in [2.05, 4.69) is 15.9 Å². The van der Waals surface area contributed by atoms with E-state index < -0.39 is 0 Å². The smallest absolute Gasteiger partial charge is 0.235 e. The van der Waals surface area contributed by atoms with E-state index in [0.29, 0.717) is 13.0 Å². The summed E-state index contributed by atoms with van der Waals surface area (Å²) in [5, 5.41) is 0. The first-order chi connectivity index (χ1) is 4.31. The number of amides is 1. The molecule has 0 spiro atoms. The Morgan fingerprint density at radius 1 is 1.56 bits per heavy atom. The van der Waals surface area contributed by atoms with Crippen molar-refractivity contribution in [3.05, 3.63) is 0 Å². The van der Waals surface area contributed by atoms with Crippen molar-refractivity contribution in [1.82, 2.24) is 11.0 Å². The predicted octanol–water partition coefficient (Wildman–Crippen LogP) is -0.0313. The van der Waals surface area contributed by atoms with E-state index in [9.17, 15) is 4.79 Å². The maximum absolute atomic E-state index is 10.4. The van der Waals surface area contributed by atoms with Gasteiger partial charge in [-0.2, -0.15) is 0 Å². The van der Waals surface area contributed by atoms with Crippen LogP contribution in [0.15, 0.2) is 0 Å². The number of carbonyl (C=O) groups excluding carboxylic acids is 1. The third-order valence-corrected chi connectivity index (χ3v) is 0.728. The highest BCUT2D eigenvalue weighted by molar-refractivity contribution is 5.74. The summed E-state index contributed by atoms with van der Waals surface area (Å²) in [4.78, 5) is 15.1. The van der Waals surface area contributed by atoms with Gasteiger partial charge in [0.15, 0.2) is 0 Å². The van der Waals surface area contributed by atoms with Crippen LogP contribution < -0.4 is 11.0 Å². The number of hydrazine groups is 1. The maximum atomic E-state index is 10.4. The van der Waals surface area contributed by atoms with Crippen molar-refractivity contribution in [3.63, 3.8) is 0 Å². The molecule has 0 rings (SSSR count). The van der Waals surface area contributed by atoms with E-state index in [1.165, 1.54) is 0 Å². The van der Waals surface area contributed by atoms with Crippen LogP contribution in [0.5, 0.6) is 0 Å². The SMILES string of the molecule is CCONNC(=O)CC. The Balaban J connectivity index is 2.97. The molecule has 54 valence electrons. The molecule has 0 aromatic rings. The molecule has 0 atom stereocenters. The van der Waals surface area contributed by atoms with Gasteiger partial charge >= 0.3 is 0 Å². The van der Waals surface area contributed by atoms with Crippen molar-refractivity contribution >= 4 is 5.91 Å². The summed E-state index contributed by atoms with van der Waals surface area (Å²) in [6.45, 7) is 4.12. The molecule has 4 heteroatoms. The second-order valence-electron chi connectivity index (χ2n) is 1.44. The van der Waals surface area contributed by atoms with Gasteiger partial charge in [-0.1, -0.05) is 6.92 Å². The van der Waals surface area contributed by atoms with Gasteiger partial charge in [0.2, 0.25) is 5.91 Å². The molecule has 0 saturated carbocycles. The zero-order chi connectivity index (χ0) is 7.11. The number of carbonyl (C=O) groups is 1. The van der Waals surface area contributed by atoms with Crippen molar-refractivity contribution in [2.75, 3.05) is 6.61 Å². The first-order valence-electron chi connectivity index (χ1n) is 2.96. The quantitative estimate of drug-likeness (QED) is 0.417. The lowest BCUT2D eigenvalue weighted by atomic mass is 10.5. The zero-order valence-corrected chi connectivity index (χ0v) is 5.73. The summed E-state index contributed by atoms with van der Waals surface area (Å²) in [5.41, 5.74) is 4.61. The van der Waals surface area contributed by atoms with Crippen molar-refractivity contribution in [3.8, 4) is 0 Å². The first kappa shape index (κ1) is 8.39. The molecule has 0 unspecified atom stereocenters. The number of rotatable bonds is 4. The summed E-state index contributed by atoms with van der Waals surface area (Å²) >= 11 is 0. The molecule has 0 fully saturated rings. The minimum atomic E-state index is -0.0801. The molecule has 0 saturated heterocycles. The van der Waals surface area contributed by atoms with Crippen LogP contribution in [0.1, 0.15) is 20.3 Å². The summed E-state index contributed by atoms with van der Waals surface area (Å²) < 4.78 is 0. The fourth-order valence-corrected chi connectivity index (χ4v) is 0.254. The lowest BCUT2D eigenvalue weighted by Gasteiger charge is -2.02. The molecule has 2 N–H and O–H groups in total. The van der Waals surface area contributed by atoms with Crippen LogP contribution in [0.4, 0.5) is 0 Å². The second-order valence-corrected chi connectivity index (χ2v) is 1.44. The Bertz CT molecular complexity index is 85.0. The van der Waals surface area contributed by atoms with Gasteiger partial charge in [0.05, 0.1) is 6.61 Å². The van der Waals surface area contributed by atoms with Gasteiger partial charge in [0.1, 0.15) is 0 Å². The van der Waals surface area contributed by atoms with Crippen LogP contribution >= 0.6 is 0 Å². The zero-order valence-electron chi connectivity index (χ0n) is 5.73. The Morgan fingerprint density at radius 2 is 2.22 bits per heavy atom. The van der Waals surface area contributed by atoms with E-state index in [-0.39, 0.29) is 5.91 Å². The van der Waals surface area contributed by atoms with Crippen LogP contribution in [0, 0.1) is 0 Å². The fourth-order valence-electron chi connectivity index (χ4n) is 0.254. The predicted molar refractivity (Wildman–Crippen MR) is 33.2 cm³/mol. The molecule has 0 aliphatic heterocycles. The van der Waals surface area contributed by atoms with E-state index in [1.54, 1.807) is 6.92 Å². The molecule has 1 amide bonds. The fraction of sp³-hybridized carbons (Fsp3) is 0.800. The van der Waals surface area contributed by atoms with E-state index in [1.807, 2.05) is 6.92 Å². The molecule has 0 aromatic heterocycles. The van der Waals surface area contributed by atoms with Gasteiger partial charge in [0.25, 0.3) is 0 Å². The Labute approximate surface area is 54.5 Å². The van der Waals surface area contributed by atoms with Crippen LogP contribution in [-0.4, -0.2) is 12.5 Å². The number of nitrogens with one attached hydrogen (secondary N) is 2. The molecule has 0 bridgehead atoms. The standard InChI is InChI=1S/C5H12N2O2/c1-3-5(8)6-7-9-4-2/h7H,3-4H2,1-2H3,(H,6,8). The van der Waals surface area contributed by atoms with Crippen LogP contribution in [-0.2, 0) is 9.63 Å². The molecular weight excluding hydrogens is 120 g/mol. The highest BCUT2D eigenvalue weighted by Crippen LogP contribution is 1.70. The topological polar surface area (TPSA) is 50.4 Å². The molecule has 0 radical (unpaired) electrons. The van der Waals surface area contributed by atoms with E-state index in [0.717, 1.165) is 0 Å². The lowest BCUT2D eigenvalue weighted by Crippen LogP contribution is -2.36. The van der Waals surface area contributed by atoms with E-state index in [4.69, 9.17) is 0 Å². The van der Waals surface area contributed by atoms with Gasteiger partial charge in [-0.3, -0.25) is 15.1 Å². The van der Waals surface area contributed by atoms with Gasteiger partial charge in [0, 0.05) is 6.42 Å². The van der Waals surface area contributed by atoms with Crippen molar-refractivity contribution < 1.29 is 9.63 Å². The minimum absolute atomic E-state index is 0.0801. The first-order valence-corrected chi connectivity index (χ1v) is 2.96. The normalized spacial score (nSPS) is 9.11. The summed E-state index contributed by atoms with van der Waals surface area (Å²) in [7, 11) is 0. The average molecular weight is 132 g/mol. The van der Waals surface area contributed by atoms with Crippen molar-refractivity contribution in [1.29, 1.82) is 0 Å². The Kier molecular flexibility index (Phi) is 5.15. The second kappa shape index (κ2) is 5.53. The average Bonchev–Trinajstić information content (AvgIpc) is 1.89. The largest absolute Gasteiger partial charge is 0.283 e. The molecule has 0 aliphatic carbocycles. The molecule has 0 aromatic carbocycles. The highest BCUT2D eigenvalue weighted by Gasteiger charge is 1.91. The number of hydrogen-bond donors (Lipinski definition) is 2. The van der Waals surface area contributed by atoms with E-state index >= 15 is 0 Å². The minimum Gasteiger partial charge on any atom is -0.283 e. The van der Waals surface area contributed by atoms with Crippen LogP contribution in [0.2, 0.25) is 0 Å². The summed E-state index contributed by atoms with van der Waals surface area (Å²) in [6, 6.07) is 0. The molecular formula is C5H12N2O2. The van der Waals surface area contributed by atoms with Gasteiger partial charge in [-0.25, -0.2) is 0 Å². The molecule has 0 heterocycles. The Hall–Kier alpha value is -0.610. The van der Waals surface area contributed by atoms with Crippen LogP contribution in [0.25, 0.3) is 0 Å². The van der Waals surface area contributed by atoms with Crippen molar-refractivity contribution in [2.45, 2.75) is 20.3 Å².